The number of halogens is 3. The van der Waals surface area contributed by atoms with E-state index in [0.717, 1.165) is 73.6 Å². The van der Waals surface area contributed by atoms with Crippen LogP contribution in [0.25, 0.3) is 89.0 Å². The first-order valence-electron chi connectivity index (χ1n) is 32.0. The molecule has 0 radical (unpaired) electrons. The van der Waals surface area contributed by atoms with Crippen LogP contribution in [-0.4, -0.2) is 6.18 Å². The molecule has 0 spiro atoms. The Labute approximate surface area is 508 Å². The van der Waals surface area contributed by atoms with Gasteiger partial charge in [-0.1, -0.05) is 219 Å². The van der Waals surface area contributed by atoms with E-state index in [-0.39, 0.29) is 21.7 Å². The smallest absolute Gasteiger partial charge is 0.170 e. The van der Waals surface area contributed by atoms with Crippen molar-refractivity contribution in [2.45, 2.75) is 147 Å². The van der Waals surface area contributed by atoms with E-state index in [2.05, 4.69) is 225 Å². The number of hydrogen-bond donors (Lipinski definition) is 0. The Morgan fingerprint density at radius 3 is 0.884 bits per heavy atom. The van der Waals surface area contributed by atoms with E-state index in [1.54, 1.807) is 0 Å². The molecule has 1 atom stereocenters. The van der Waals surface area contributed by atoms with Crippen molar-refractivity contribution in [2.75, 3.05) is 0 Å². The Morgan fingerprint density at radius 1 is 0.267 bits per heavy atom. The molecule has 3 heteroatoms. The molecule has 430 valence electrons. The summed E-state index contributed by atoms with van der Waals surface area (Å²) in [5.74, 6) is 0. The van der Waals surface area contributed by atoms with Gasteiger partial charge in [-0.05, 0) is 245 Å². The van der Waals surface area contributed by atoms with Gasteiger partial charge in [0, 0.05) is 21.7 Å². The highest BCUT2D eigenvalue weighted by atomic mass is 19.4. The molecule has 0 saturated carbocycles. The summed E-state index contributed by atoms with van der Waals surface area (Å²) in [6, 6.07) is 75.2. The molecule has 0 nitrogen and oxygen atoms in total. The van der Waals surface area contributed by atoms with Gasteiger partial charge in [0.1, 0.15) is 5.41 Å². The van der Waals surface area contributed by atoms with Crippen molar-refractivity contribution < 1.29 is 13.2 Å². The van der Waals surface area contributed by atoms with Crippen molar-refractivity contribution >= 4 is 0 Å². The Bertz CT molecular complexity index is 4340. The first kappa shape index (κ1) is 55.8. The monoisotopic (exact) mass is 1130 g/mol. The summed E-state index contributed by atoms with van der Waals surface area (Å²) >= 11 is 0. The maximum Gasteiger partial charge on any atom is 0.402 e. The summed E-state index contributed by atoms with van der Waals surface area (Å²) in [5.41, 5.74) is 25.7. The number of benzene rings is 10. The Morgan fingerprint density at radius 2 is 0.547 bits per heavy atom. The van der Waals surface area contributed by atoms with Crippen molar-refractivity contribution in [3.8, 4) is 89.0 Å². The third kappa shape index (κ3) is 7.61. The Kier molecular flexibility index (Phi) is 13.2. The van der Waals surface area contributed by atoms with Gasteiger partial charge in [0.25, 0.3) is 0 Å². The molecule has 0 saturated heterocycles. The molecule has 10 aromatic carbocycles. The van der Waals surface area contributed by atoms with Gasteiger partial charge in [-0.25, -0.2) is 0 Å². The van der Waals surface area contributed by atoms with Gasteiger partial charge < -0.3 is 0 Å². The number of rotatable bonds is 14. The van der Waals surface area contributed by atoms with Crippen LogP contribution in [0.4, 0.5) is 13.2 Å². The topological polar surface area (TPSA) is 0 Å². The fraction of sp³-hybridized carbons (Fsp3) is 0.277. The molecule has 0 fully saturated rings. The summed E-state index contributed by atoms with van der Waals surface area (Å²) in [7, 11) is 0. The molecular weight excluding hydrogens is 1050 g/mol. The van der Waals surface area contributed by atoms with Crippen LogP contribution in [-0.2, 0) is 27.1 Å². The largest absolute Gasteiger partial charge is 0.402 e. The van der Waals surface area contributed by atoms with Crippen LogP contribution in [0.5, 0.6) is 0 Å². The van der Waals surface area contributed by atoms with Crippen molar-refractivity contribution in [2.24, 2.45) is 0 Å². The molecule has 0 heterocycles. The fourth-order valence-corrected chi connectivity index (χ4v) is 17.6. The second-order valence-electron chi connectivity index (χ2n) is 25.6. The highest BCUT2D eigenvalue weighted by Gasteiger charge is 2.58. The highest BCUT2D eigenvalue weighted by molar-refractivity contribution is 5.92. The molecule has 86 heavy (non-hydrogen) atoms. The summed E-state index contributed by atoms with van der Waals surface area (Å²) < 4.78 is 49.0. The average Bonchev–Trinajstić information content (AvgIpc) is 1.62. The van der Waals surface area contributed by atoms with Crippen LogP contribution in [0.1, 0.15) is 169 Å². The summed E-state index contributed by atoms with van der Waals surface area (Å²) in [4.78, 5) is 0. The van der Waals surface area contributed by atoms with E-state index in [1.807, 2.05) is 36.4 Å². The molecular formula is C83H77F3. The lowest BCUT2D eigenvalue weighted by molar-refractivity contribution is -0.172. The molecule has 14 rings (SSSR count). The number of fused-ring (bicyclic) bond motifs is 12. The highest BCUT2D eigenvalue weighted by Crippen LogP contribution is 2.61. The van der Waals surface area contributed by atoms with E-state index in [1.165, 1.54) is 107 Å². The van der Waals surface area contributed by atoms with Gasteiger partial charge >= 0.3 is 6.18 Å². The van der Waals surface area contributed by atoms with Crippen LogP contribution in [0.2, 0.25) is 0 Å². The minimum atomic E-state index is -4.56. The second-order valence-corrected chi connectivity index (χ2v) is 25.6. The summed E-state index contributed by atoms with van der Waals surface area (Å²) in [6.07, 6.45) is 3.12. The molecule has 10 aromatic rings. The molecule has 0 N–H and O–H groups in total. The van der Waals surface area contributed by atoms with E-state index in [0.29, 0.717) is 22.3 Å². The lowest BCUT2D eigenvalue weighted by Crippen LogP contribution is -2.38. The van der Waals surface area contributed by atoms with E-state index < -0.39 is 11.6 Å². The predicted molar refractivity (Wildman–Crippen MR) is 354 cm³/mol. The lowest BCUT2D eigenvalue weighted by atomic mass is 9.70. The third-order valence-corrected chi connectivity index (χ3v) is 22.9. The second kappa shape index (κ2) is 20.3. The standard InChI is InChI=1S/C83H77F3/c1-10-79(11-2,60-25-19-18-20-26-60)61-27-23-24-52(44-61)55-32-40-66-67-41-34-56(49-75(67)81(14-5,15-6)74(66)47-55)53-30-37-63-64-38-31-54(46-72(64)78(9,71(63)45-53)83(84,85)86)57-35-42-68-69-43-36-59(51-77(69)82(16-7,17-8)76(68)50-57)58-33-39-65-62-28-21-22-29-70(62)80(12-3,13-4)73(65)48-58/h18-51H,10-17H2,1-9H3. The maximum atomic E-state index is 16.3. The van der Waals surface area contributed by atoms with Gasteiger partial charge in [0.2, 0.25) is 0 Å². The van der Waals surface area contributed by atoms with Gasteiger partial charge in [0.05, 0.1) is 0 Å². The van der Waals surface area contributed by atoms with Crippen LogP contribution in [0.3, 0.4) is 0 Å². The molecule has 4 aliphatic rings. The molecule has 0 bridgehead atoms. The zero-order valence-corrected chi connectivity index (χ0v) is 51.4. The third-order valence-electron chi connectivity index (χ3n) is 22.9. The van der Waals surface area contributed by atoms with E-state index in [4.69, 9.17) is 0 Å². The van der Waals surface area contributed by atoms with Gasteiger partial charge in [-0.2, -0.15) is 13.2 Å². The summed E-state index contributed by atoms with van der Waals surface area (Å²) in [6.45, 7) is 19.8. The Balaban J connectivity index is 0.788. The minimum absolute atomic E-state index is 0.0147. The molecule has 0 amide bonds. The zero-order valence-electron chi connectivity index (χ0n) is 51.4. The first-order chi connectivity index (χ1) is 41.7. The number of alkyl halides is 3. The van der Waals surface area contributed by atoms with Crippen molar-refractivity contribution in [3.05, 3.63) is 262 Å². The van der Waals surface area contributed by atoms with Gasteiger partial charge in [-0.15, -0.1) is 0 Å². The molecule has 1 unspecified atom stereocenters. The Hall–Kier alpha value is -8.01. The van der Waals surface area contributed by atoms with Crippen molar-refractivity contribution in [1.29, 1.82) is 0 Å². The molecule has 4 aliphatic carbocycles. The predicted octanol–water partition coefficient (Wildman–Crippen LogP) is 23.6. The molecule has 0 aromatic heterocycles. The normalized spacial score (nSPS) is 16.8. The van der Waals surface area contributed by atoms with Crippen LogP contribution >= 0.6 is 0 Å². The zero-order chi connectivity index (χ0) is 59.7. The average molecular weight is 1130 g/mol. The van der Waals surface area contributed by atoms with Crippen LogP contribution in [0.15, 0.2) is 206 Å². The number of hydrogen-bond acceptors (Lipinski definition) is 0. The SMILES string of the molecule is CCC(CC)(c1ccccc1)c1cccc(-c2ccc3c(c2)C(CC)(CC)c2cc(-c4ccc5c(c4)C(C)(C(F)(F)F)c4cc(-c6ccc7c(c6)C(CC)(CC)c6cc(-c8ccc9c(c8)C(CC)(CC)c8ccccc8-9)ccc6-7)ccc4-5)ccc2-3)c1. The van der Waals surface area contributed by atoms with Gasteiger partial charge in [0.15, 0.2) is 0 Å². The molecule has 0 aliphatic heterocycles. The van der Waals surface area contributed by atoms with Crippen LogP contribution in [0, 0.1) is 0 Å². The van der Waals surface area contributed by atoms with E-state index in [9.17, 15) is 0 Å². The first-order valence-corrected chi connectivity index (χ1v) is 32.0. The quantitative estimate of drug-likeness (QED) is 0.102. The van der Waals surface area contributed by atoms with Crippen molar-refractivity contribution in [1.82, 2.24) is 0 Å². The maximum absolute atomic E-state index is 16.3. The van der Waals surface area contributed by atoms with Crippen LogP contribution < -0.4 is 0 Å². The van der Waals surface area contributed by atoms with Gasteiger partial charge in [-0.3, -0.25) is 0 Å². The fourth-order valence-electron chi connectivity index (χ4n) is 17.6. The van der Waals surface area contributed by atoms with Crippen molar-refractivity contribution in [3.63, 3.8) is 0 Å². The van der Waals surface area contributed by atoms with E-state index >= 15 is 13.2 Å². The minimum Gasteiger partial charge on any atom is -0.170 e. The lowest BCUT2D eigenvalue weighted by Gasteiger charge is -2.34. The summed E-state index contributed by atoms with van der Waals surface area (Å²) in [5, 5.41) is 0.